The van der Waals surface area contributed by atoms with Gasteiger partial charge in [-0.05, 0) is 30.3 Å². The van der Waals surface area contributed by atoms with Gasteiger partial charge in [-0.15, -0.1) is 0 Å². The molecule has 4 heteroatoms. The topological polar surface area (TPSA) is 52.3 Å². The minimum absolute atomic E-state index is 0.0567. The zero-order valence-electron chi connectivity index (χ0n) is 8.89. The van der Waals surface area contributed by atoms with Gasteiger partial charge in [0.25, 0.3) is 0 Å². The molecule has 2 N–H and O–H groups in total. The van der Waals surface area contributed by atoms with Crippen LogP contribution in [0.5, 0.6) is 11.5 Å². The van der Waals surface area contributed by atoms with E-state index in [9.17, 15) is 9.18 Å². The summed E-state index contributed by atoms with van der Waals surface area (Å²) >= 11 is 0. The largest absolute Gasteiger partial charge is 0.454 e. The molecule has 1 amide bonds. The molecule has 2 aromatic rings. The average molecular weight is 231 g/mol. The quantitative estimate of drug-likeness (QED) is 0.882. The fourth-order valence-electron chi connectivity index (χ4n) is 1.35. The predicted molar refractivity (Wildman–Crippen MR) is 61.4 cm³/mol. The number of carbonyl (C=O) groups excluding carboxylic acids is 1. The molecule has 0 aliphatic rings. The number of rotatable bonds is 3. The van der Waals surface area contributed by atoms with E-state index in [-0.39, 0.29) is 11.3 Å². The molecule has 0 fully saturated rings. The van der Waals surface area contributed by atoms with Crippen molar-refractivity contribution in [1.29, 1.82) is 0 Å². The first-order chi connectivity index (χ1) is 8.16. The second kappa shape index (κ2) is 4.65. The number of hydrogen-bond donors (Lipinski definition) is 1. The number of hydrogen-bond acceptors (Lipinski definition) is 2. The molecule has 0 unspecified atom stereocenters. The summed E-state index contributed by atoms with van der Waals surface area (Å²) in [5, 5.41) is 0. The summed E-state index contributed by atoms with van der Waals surface area (Å²) in [6.45, 7) is 0. The molecule has 2 rings (SSSR count). The van der Waals surface area contributed by atoms with Crippen molar-refractivity contribution in [1.82, 2.24) is 0 Å². The summed E-state index contributed by atoms with van der Waals surface area (Å²) < 4.78 is 18.9. The van der Waals surface area contributed by atoms with Gasteiger partial charge in [0.05, 0.1) is 0 Å². The Bertz CT molecular complexity index is 540. The molecular formula is C13H10FNO2. The van der Waals surface area contributed by atoms with Gasteiger partial charge in [0, 0.05) is 5.56 Å². The number of amides is 1. The zero-order chi connectivity index (χ0) is 12.3. The first-order valence-electron chi connectivity index (χ1n) is 4.99. The Labute approximate surface area is 97.6 Å². The third kappa shape index (κ3) is 2.60. The van der Waals surface area contributed by atoms with Gasteiger partial charge in [0.2, 0.25) is 5.91 Å². The van der Waals surface area contributed by atoms with Gasteiger partial charge in [-0.3, -0.25) is 4.79 Å². The van der Waals surface area contributed by atoms with E-state index in [1.807, 2.05) is 6.07 Å². The van der Waals surface area contributed by atoms with Gasteiger partial charge < -0.3 is 10.5 Å². The molecular weight excluding hydrogens is 221 g/mol. The smallest absolute Gasteiger partial charge is 0.248 e. The number of ether oxygens (including phenoxy) is 1. The number of nitrogens with two attached hydrogens (primary N) is 1. The summed E-state index contributed by atoms with van der Waals surface area (Å²) in [6, 6.07) is 12.7. The molecule has 0 aliphatic carbocycles. The van der Waals surface area contributed by atoms with E-state index in [1.54, 1.807) is 24.3 Å². The Kier molecular flexibility index (Phi) is 3.05. The minimum atomic E-state index is -0.671. The van der Waals surface area contributed by atoms with E-state index in [4.69, 9.17) is 10.5 Å². The maximum absolute atomic E-state index is 13.6. The van der Waals surface area contributed by atoms with Crippen LogP contribution in [0.3, 0.4) is 0 Å². The maximum Gasteiger partial charge on any atom is 0.248 e. The first kappa shape index (κ1) is 11.1. The molecule has 0 aromatic heterocycles. The lowest BCUT2D eigenvalue weighted by molar-refractivity contribution is 0.1000. The molecule has 0 saturated carbocycles. The Morgan fingerprint density at radius 2 is 1.82 bits per heavy atom. The van der Waals surface area contributed by atoms with Crippen LogP contribution in [-0.2, 0) is 0 Å². The lowest BCUT2D eigenvalue weighted by atomic mass is 10.2. The van der Waals surface area contributed by atoms with Crippen LogP contribution in [0.1, 0.15) is 10.4 Å². The predicted octanol–water partition coefficient (Wildman–Crippen LogP) is 2.72. The summed E-state index contributed by atoms with van der Waals surface area (Å²) in [5.41, 5.74) is 5.15. The van der Waals surface area contributed by atoms with Crippen molar-refractivity contribution >= 4 is 5.91 Å². The van der Waals surface area contributed by atoms with Crippen molar-refractivity contribution in [3.8, 4) is 11.5 Å². The van der Waals surface area contributed by atoms with Crippen LogP contribution in [0.25, 0.3) is 0 Å². The van der Waals surface area contributed by atoms with Crippen LogP contribution >= 0.6 is 0 Å². The highest BCUT2D eigenvalue weighted by molar-refractivity contribution is 5.92. The van der Waals surface area contributed by atoms with E-state index < -0.39 is 11.7 Å². The number of primary amides is 1. The normalized spacial score (nSPS) is 9.94. The lowest BCUT2D eigenvalue weighted by Gasteiger charge is -2.07. The molecule has 0 atom stereocenters. The summed E-state index contributed by atoms with van der Waals surface area (Å²) in [7, 11) is 0. The van der Waals surface area contributed by atoms with Crippen LogP contribution in [0.4, 0.5) is 4.39 Å². The Balaban J connectivity index is 2.26. The van der Waals surface area contributed by atoms with Gasteiger partial charge in [-0.2, -0.15) is 0 Å². The van der Waals surface area contributed by atoms with Crippen molar-refractivity contribution in [2.75, 3.05) is 0 Å². The molecule has 17 heavy (non-hydrogen) atoms. The van der Waals surface area contributed by atoms with Crippen molar-refractivity contribution in [3.63, 3.8) is 0 Å². The van der Waals surface area contributed by atoms with Crippen LogP contribution < -0.4 is 10.5 Å². The van der Waals surface area contributed by atoms with Crippen LogP contribution in [0.15, 0.2) is 48.5 Å². The van der Waals surface area contributed by atoms with E-state index in [0.29, 0.717) is 5.75 Å². The van der Waals surface area contributed by atoms with Crippen LogP contribution in [-0.4, -0.2) is 5.91 Å². The molecule has 0 spiro atoms. The number of benzene rings is 2. The van der Waals surface area contributed by atoms with E-state index in [2.05, 4.69) is 0 Å². The molecule has 0 saturated heterocycles. The fraction of sp³-hybridized carbons (Fsp3) is 0. The lowest BCUT2D eigenvalue weighted by Crippen LogP contribution is -2.11. The van der Waals surface area contributed by atoms with E-state index in [1.165, 1.54) is 12.1 Å². The standard InChI is InChI=1S/C13H10FNO2/c14-11-8-9(13(15)16)6-7-12(11)17-10-4-2-1-3-5-10/h1-8H,(H2,15,16). The zero-order valence-corrected chi connectivity index (χ0v) is 8.89. The Morgan fingerprint density at radius 3 is 2.41 bits per heavy atom. The Morgan fingerprint density at radius 1 is 1.12 bits per heavy atom. The molecule has 86 valence electrons. The third-order valence-electron chi connectivity index (χ3n) is 2.19. The minimum Gasteiger partial charge on any atom is -0.454 e. The maximum atomic E-state index is 13.6. The highest BCUT2D eigenvalue weighted by Crippen LogP contribution is 2.24. The number of halogens is 1. The van der Waals surface area contributed by atoms with Crippen molar-refractivity contribution < 1.29 is 13.9 Å². The second-order valence-corrected chi connectivity index (χ2v) is 3.42. The molecule has 0 radical (unpaired) electrons. The second-order valence-electron chi connectivity index (χ2n) is 3.42. The molecule has 0 heterocycles. The molecule has 0 aliphatic heterocycles. The van der Waals surface area contributed by atoms with Gasteiger partial charge >= 0.3 is 0 Å². The average Bonchev–Trinajstić information content (AvgIpc) is 2.33. The van der Waals surface area contributed by atoms with Gasteiger partial charge in [0.1, 0.15) is 5.75 Å². The van der Waals surface area contributed by atoms with E-state index in [0.717, 1.165) is 6.07 Å². The van der Waals surface area contributed by atoms with Crippen LogP contribution in [0, 0.1) is 5.82 Å². The number of para-hydroxylation sites is 1. The van der Waals surface area contributed by atoms with Gasteiger partial charge in [0.15, 0.2) is 11.6 Å². The third-order valence-corrected chi connectivity index (χ3v) is 2.19. The first-order valence-corrected chi connectivity index (χ1v) is 4.99. The van der Waals surface area contributed by atoms with Gasteiger partial charge in [-0.25, -0.2) is 4.39 Å². The number of carbonyl (C=O) groups is 1. The monoisotopic (exact) mass is 231 g/mol. The van der Waals surface area contributed by atoms with Gasteiger partial charge in [-0.1, -0.05) is 18.2 Å². The summed E-state index contributed by atoms with van der Waals surface area (Å²) in [5.74, 6) is -0.709. The molecule has 3 nitrogen and oxygen atoms in total. The van der Waals surface area contributed by atoms with Crippen molar-refractivity contribution in [2.24, 2.45) is 5.73 Å². The highest BCUT2D eigenvalue weighted by Gasteiger charge is 2.08. The highest BCUT2D eigenvalue weighted by atomic mass is 19.1. The molecule has 0 bridgehead atoms. The van der Waals surface area contributed by atoms with Crippen molar-refractivity contribution in [2.45, 2.75) is 0 Å². The van der Waals surface area contributed by atoms with Crippen molar-refractivity contribution in [3.05, 3.63) is 59.9 Å². The fourth-order valence-corrected chi connectivity index (χ4v) is 1.35. The SMILES string of the molecule is NC(=O)c1ccc(Oc2ccccc2)c(F)c1. The molecule has 2 aromatic carbocycles. The summed E-state index contributed by atoms with van der Waals surface area (Å²) in [4.78, 5) is 10.8. The van der Waals surface area contributed by atoms with Crippen LogP contribution in [0.2, 0.25) is 0 Å². The Hall–Kier alpha value is -2.36. The summed E-state index contributed by atoms with van der Waals surface area (Å²) in [6.07, 6.45) is 0. The van der Waals surface area contributed by atoms with E-state index >= 15 is 0 Å².